The Morgan fingerprint density at radius 3 is 2.52 bits per heavy atom. The van der Waals surface area contributed by atoms with Crippen LogP contribution in [0.25, 0.3) is 0 Å². The monoisotopic (exact) mass is 513 g/mol. The molecule has 0 aliphatic carbocycles. The van der Waals surface area contributed by atoms with Gasteiger partial charge in [0.05, 0.1) is 23.0 Å². The molecule has 2 aromatic rings. The number of hydrazone groups is 1. The summed E-state index contributed by atoms with van der Waals surface area (Å²) in [4.78, 5) is 23.7. The summed E-state index contributed by atoms with van der Waals surface area (Å²) in [6, 6.07) is 8.81. The fourth-order valence-electron chi connectivity index (χ4n) is 2.27. The van der Waals surface area contributed by atoms with E-state index in [0.29, 0.717) is 22.7 Å². The number of nitrogens with one attached hydrogen (secondary N) is 2. The molecule has 0 unspecified atom stereocenters. The van der Waals surface area contributed by atoms with Crippen molar-refractivity contribution in [3.05, 3.63) is 51.3 Å². The molecule has 9 heteroatoms. The molecule has 7 nitrogen and oxygen atoms in total. The highest BCUT2D eigenvalue weighted by Crippen LogP contribution is 2.34. The van der Waals surface area contributed by atoms with Gasteiger partial charge >= 0.3 is 0 Å². The number of hydrogen-bond donors (Lipinski definition) is 2. The van der Waals surface area contributed by atoms with Crippen molar-refractivity contribution in [3.63, 3.8) is 0 Å². The van der Waals surface area contributed by atoms with E-state index in [9.17, 15) is 14.0 Å². The minimum absolute atomic E-state index is 0.00252. The van der Waals surface area contributed by atoms with Gasteiger partial charge in [0, 0.05) is 5.69 Å². The largest absolute Gasteiger partial charge is 0.493 e. The first-order valence-corrected chi connectivity index (χ1v) is 9.78. The van der Waals surface area contributed by atoms with E-state index in [2.05, 4.69) is 38.4 Å². The Morgan fingerprint density at radius 2 is 1.90 bits per heavy atom. The van der Waals surface area contributed by atoms with Gasteiger partial charge in [-0.2, -0.15) is 5.10 Å². The fourth-order valence-corrected chi connectivity index (χ4v) is 3.02. The molecule has 0 fully saturated rings. The lowest BCUT2D eigenvalue weighted by atomic mass is 10.2. The topological polar surface area (TPSA) is 89.0 Å². The fraction of sp³-hybridized carbons (Fsp3) is 0.250. The lowest BCUT2D eigenvalue weighted by molar-refractivity contribution is -0.126. The molecule has 2 N–H and O–H groups in total. The Bertz CT molecular complexity index is 901. The number of carbonyl (C=O) groups is 2. The van der Waals surface area contributed by atoms with Crippen molar-refractivity contribution in [2.45, 2.75) is 26.4 Å². The number of amides is 2. The van der Waals surface area contributed by atoms with Crippen LogP contribution < -0.4 is 20.2 Å². The number of carbonyl (C=O) groups excluding carboxylic acids is 2. The van der Waals surface area contributed by atoms with Gasteiger partial charge in [0.25, 0.3) is 0 Å². The molecule has 0 spiro atoms. The highest BCUT2D eigenvalue weighted by Gasteiger charge is 2.13. The molecule has 0 saturated heterocycles. The van der Waals surface area contributed by atoms with Gasteiger partial charge in [-0.1, -0.05) is 0 Å². The Morgan fingerprint density at radius 1 is 1.21 bits per heavy atom. The summed E-state index contributed by atoms with van der Waals surface area (Å²) in [5, 5.41) is 6.37. The molecule has 0 aliphatic heterocycles. The van der Waals surface area contributed by atoms with Gasteiger partial charge in [-0.25, -0.2) is 9.82 Å². The number of nitrogens with zero attached hydrogens (tertiary/aromatic N) is 1. The number of ether oxygens (including phenoxy) is 2. The Kier molecular flexibility index (Phi) is 8.37. The third-order valence-electron chi connectivity index (χ3n) is 3.46. The van der Waals surface area contributed by atoms with Crippen LogP contribution in [-0.4, -0.2) is 31.2 Å². The summed E-state index contributed by atoms with van der Waals surface area (Å²) < 4.78 is 24.8. The van der Waals surface area contributed by atoms with Crippen LogP contribution in [0.15, 0.2) is 41.5 Å². The molecule has 2 aromatic carbocycles. The van der Waals surface area contributed by atoms with Crippen LogP contribution in [0.1, 0.15) is 25.8 Å². The Labute approximate surface area is 181 Å². The van der Waals surface area contributed by atoms with Gasteiger partial charge < -0.3 is 14.8 Å². The van der Waals surface area contributed by atoms with Gasteiger partial charge in [0.2, 0.25) is 11.8 Å². The summed E-state index contributed by atoms with van der Waals surface area (Å²) in [6.07, 6.45) is 1.02. The minimum Gasteiger partial charge on any atom is -0.493 e. The number of rotatable bonds is 8. The molecular weight excluding hydrogens is 492 g/mol. The minimum atomic E-state index is -0.581. The second-order valence-corrected chi connectivity index (χ2v) is 7.39. The lowest BCUT2D eigenvalue weighted by Crippen LogP contribution is -2.24. The smallest absolute Gasteiger partial charge is 0.249 e. The van der Waals surface area contributed by atoms with Crippen LogP contribution >= 0.6 is 22.6 Å². The van der Waals surface area contributed by atoms with Crippen LogP contribution in [0.3, 0.4) is 0 Å². The molecular formula is C20H21FIN3O4. The summed E-state index contributed by atoms with van der Waals surface area (Å²) in [5.41, 5.74) is 3.39. The molecule has 0 aliphatic rings. The molecule has 0 heterocycles. The molecule has 154 valence electrons. The third-order valence-corrected chi connectivity index (χ3v) is 4.26. The van der Waals surface area contributed by atoms with Gasteiger partial charge in [-0.3, -0.25) is 9.59 Å². The number of anilines is 1. The van der Waals surface area contributed by atoms with Crippen molar-refractivity contribution in [2.75, 3.05) is 12.4 Å². The summed E-state index contributed by atoms with van der Waals surface area (Å²) in [6.45, 7) is 3.85. The van der Waals surface area contributed by atoms with E-state index in [4.69, 9.17) is 9.47 Å². The first kappa shape index (κ1) is 22.6. The van der Waals surface area contributed by atoms with Crippen molar-refractivity contribution in [1.82, 2.24) is 5.43 Å². The zero-order valence-corrected chi connectivity index (χ0v) is 18.3. The van der Waals surface area contributed by atoms with Gasteiger partial charge in [0.1, 0.15) is 12.2 Å². The van der Waals surface area contributed by atoms with Crippen molar-refractivity contribution in [1.29, 1.82) is 0 Å². The second kappa shape index (κ2) is 10.7. The van der Waals surface area contributed by atoms with Crippen molar-refractivity contribution in [2.24, 2.45) is 5.10 Å². The average Bonchev–Trinajstić information content (AvgIpc) is 2.65. The maximum absolute atomic E-state index is 12.9. The maximum atomic E-state index is 12.9. The third kappa shape index (κ3) is 7.33. The molecule has 0 radical (unpaired) electrons. The molecule has 0 bridgehead atoms. The zero-order valence-electron chi connectivity index (χ0n) is 16.2. The van der Waals surface area contributed by atoms with Gasteiger partial charge in [-0.05, 0) is 78.4 Å². The number of halogens is 2. The quantitative estimate of drug-likeness (QED) is 0.244. The van der Waals surface area contributed by atoms with E-state index in [-0.39, 0.29) is 6.10 Å². The summed E-state index contributed by atoms with van der Waals surface area (Å²) in [5.74, 6) is -0.332. The molecule has 0 aromatic heterocycles. The van der Waals surface area contributed by atoms with Gasteiger partial charge in [-0.15, -0.1) is 0 Å². The highest BCUT2D eigenvalue weighted by atomic mass is 127. The van der Waals surface area contributed by atoms with Crippen LogP contribution in [-0.2, 0) is 9.59 Å². The molecule has 2 amide bonds. The number of methoxy groups -OCH3 is 1. The van der Waals surface area contributed by atoms with Crippen LogP contribution in [0.2, 0.25) is 0 Å². The first-order chi connectivity index (χ1) is 13.8. The van der Waals surface area contributed by atoms with E-state index in [0.717, 1.165) is 3.57 Å². The van der Waals surface area contributed by atoms with E-state index in [1.807, 2.05) is 19.9 Å². The predicted molar refractivity (Wildman–Crippen MR) is 117 cm³/mol. The number of benzene rings is 2. The molecule has 29 heavy (non-hydrogen) atoms. The second-order valence-electron chi connectivity index (χ2n) is 6.23. The van der Waals surface area contributed by atoms with Crippen molar-refractivity contribution >= 4 is 46.3 Å². The Hall–Kier alpha value is -2.69. The lowest BCUT2D eigenvalue weighted by Gasteiger charge is -2.15. The van der Waals surface area contributed by atoms with Crippen molar-refractivity contribution in [3.8, 4) is 11.5 Å². The molecule has 0 saturated carbocycles. The summed E-state index contributed by atoms with van der Waals surface area (Å²) >= 11 is 2.13. The van der Waals surface area contributed by atoms with Crippen LogP contribution in [0.5, 0.6) is 11.5 Å². The molecule has 0 atom stereocenters. The Balaban J connectivity index is 1.93. The van der Waals surface area contributed by atoms with E-state index in [1.165, 1.54) is 30.5 Å². The van der Waals surface area contributed by atoms with Crippen molar-refractivity contribution < 1.29 is 23.5 Å². The van der Waals surface area contributed by atoms with E-state index < -0.39 is 24.1 Å². The summed E-state index contributed by atoms with van der Waals surface area (Å²) in [7, 11) is 1.54. The highest BCUT2D eigenvalue weighted by molar-refractivity contribution is 14.1. The maximum Gasteiger partial charge on any atom is 0.249 e. The van der Waals surface area contributed by atoms with Gasteiger partial charge in [0.15, 0.2) is 11.5 Å². The van der Waals surface area contributed by atoms with Crippen LogP contribution in [0.4, 0.5) is 10.1 Å². The normalized spacial score (nSPS) is 10.8. The van der Waals surface area contributed by atoms with E-state index >= 15 is 0 Å². The first-order valence-electron chi connectivity index (χ1n) is 8.70. The zero-order chi connectivity index (χ0) is 21.4. The SMILES string of the molecule is COc1cc(C=NNC(=O)CC(=O)Nc2ccc(F)cc2)cc(I)c1OC(C)C. The average molecular weight is 513 g/mol. The standard InChI is InChI=1S/C20H21FIN3O4/c1-12(2)29-20-16(22)8-13(9-17(20)28-3)11-23-25-19(27)10-18(26)24-15-6-4-14(21)5-7-15/h4-9,11-12H,10H2,1-3H3,(H,24,26)(H,25,27). The van der Waals surface area contributed by atoms with Crippen LogP contribution in [0, 0.1) is 9.39 Å². The van der Waals surface area contributed by atoms with E-state index in [1.54, 1.807) is 13.2 Å². The number of hydrogen-bond acceptors (Lipinski definition) is 5. The predicted octanol–water partition coefficient (Wildman–Crippen LogP) is 3.71. The molecule has 2 rings (SSSR count).